The lowest BCUT2D eigenvalue weighted by atomic mass is 10.1. The highest BCUT2D eigenvalue weighted by molar-refractivity contribution is 9.10. The average Bonchev–Trinajstić information content (AvgIpc) is 2.96. The molecule has 4 nitrogen and oxygen atoms in total. The van der Waals surface area contributed by atoms with Gasteiger partial charge >= 0.3 is 0 Å². The van der Waals surface area contributed by atoms with Crippen molar-refractivity contribution in [2.75, 3.05) is 19.7 Å². The molecule has 1 aliphatic rings. The van der Waals surface area contributed by atoms with Crippen LogP contribution < -0.4 is 5.32 Å². The van der Waals surface area contributed by atoms with E-state index in [-0.39, 0.29) is 11.9 Å². The molecule has 8 heteroatoms. The molecular formula is C18H15BrCl2FN3O. The number of benzene rings is 1. The van der Waals surface area contributed by atoms with Crippen LogP contribution >= 0.6 is 39.1 Å². The maximum absolute atomic E-state index is 14.2. The van der Waals surface area contributed by atoms with Crippen molar-refractivity contribution in [3.05, 3.63) is 56.5 Å². The number of aromatic nitrogens is 2. The van der Waals surface area contributed by atoms with Crippen molar-refractivity contribution < 1.29 is 9.13 Å². The van der Waals surface area contributed by atoms with E-state index in [4.69, 9.17) is 27.9 Å². The summed E-state index contributed by atoms with van der Waals surface area (Å²) in [5, 5.41) is 4.34. The summed E-state index contributed by atoms with van der Waals surface area (Å²) in [7, 11) is 0. The van der Waals surface area contributed by atoms with Gasteiger partial charge in [-0.05, 0) is 34.1 Å². The van der Waals surface area contributed by atoms with Crippen LogP contribution in [-0.4, -0.2) is 35.2 Å². The summed E-state index contributed by atoms with van der Waals surface area (Å²) in [6.45, 7) is 2.26. The van der Waals surface area contributed by atoms with Gasteiger partial charge in [0.05, 0.1) is 33.6 Å². The number of halogens is 4. The van der Waals surface area contributed by atoms with Crippen molar-refractivity contribution >= 4 is 44.8 Å². The highest BCUT2D eigenvalue weighted by Crippen LogP contribution is 2.35. The summed E-state index contributed by atoms with van der Waals surface area (Å²) in [5.74, 6) is -0.388. The fourth-order valence-corrected chi connectivity index (χ4v) is 4.03. The average molecular weight is 459 g/mol. The maximum atomic E-state index is 14.2. The molecule has 0 saturated carbocycles. The molecule has 1 fully saturated rings. The number of morpholine rings is 1. The zero-order valence-corrected chi connectivity index (χ0v) is 16.7. The number of fused-ring (bicyclic) bond motifs is 1. The van der Waals surface area contributed by atoms with Crippen LogP contribution in [0.3, 0.4) is 0 Å². The topological polar surface area (TPSA) is 38.6 Å². The van der Waals surface area contributed by atoms with Gasteiger partial charge in [-0.1, -0.05) is 23.2 Å². The number of ether oxygens (including phenoxy) is 1. The Morgan fingerprint density at radius 1 is 1.35 bits per heavy atom. The monoisotopic (exact) mass is 457 g/mol. The van der Waals surface area contributed by atoms with Gasteiger partial charge in [0.15, 0.2) is 0 Å². The Morgan fingerprint density at radius 3 is 2.96 bits per heavy atom. The summed E-state index contributed by atoms with van der Waals surface area (Å²) in [5.41, 5.74) is 2.78. The van der Waals surface area contributed by atoms with Gasteiger partial charge in [0, 0.05) is 42.4 Å². The van der Waals surface area contributed by atoms with Crippen LogP contribution in [-0.2, 0) is 11.2 Å². The first kappa shape index (κ1) is 18.2. The molecule has 3 aromatic rings. The van der Waals surface area contributed by atoms with Gasteiger partial charge in [0.1, 0.15) is 11.5 Å². The highest BCUT2D eigenvalue weighted by Gasteiger charge is 2.23. The Balaban J connectivity index is 1.87. The van der Waals surface area contributed by atoms with Crippen LogP contribution in [0, 0.1) is 5.82 Å². The molecule has 0 spiro atoms. The van der Waals surface area contributed by atoms with Gasteiger partial charge in [-0.15, -0.1) is 0 Å². The number of hydrogen-bond acceptors (Lipinski definition) is 3. The third-order valence-corrected chi connectivity index (χ3v) is 5.53. The molecule has 136 valence electrons. The predicted molar refractivity (Wildman–Crippen MR) is 105 cm³/mol. The zero-order valence-electron chi connectivity index (χ0n) is 13.6. The lowest BCUT2D eigenvalue weighted by molar-refractivity contribution is 0.0286. The van der Waals surface area contributed by atoms with Gasteiger partial charge in [-0.2, -0.15) is 0 Å². The summed E-state index contributed by atoms with van der Waals surface area (Å²) >= 11 is 15.7. The van der Waals surface area contributed by atoms with E-state index in [2.05, 4.69) is 26.2 Å². The predicted octanol–water partition coefficient (Wildman–Crippen LogP) is 4.74. The molecule has 1 atom stereocenters. The SMILES string of the molecule is Fc1cc(-c2nc3cc(Cl)ccn3c2C[C@H]2CNCCO2)c(Cl)cc1Br. The van der Waals surface area contributed by atoms with Crippen molar-refractivity contribution in [2.24, 2.45) is 0 Å². The Labute approximate surface area is 168 Å². The number of nitrogens with zero attached hydrogens (tertiary/aromatic N) is 2. The molecule has 26 heavy (non-hydrogen) atoms. The summed E-state index contributed by atoms with van der Waals surface area (Å²) < 4.78 is 22.3. The van der Waals surface area contributed by atoms with E-state index >= 15 is 0 Å². The number of pyridine rings is 1. The molecule has 2 aromatic heterocycles. The van der Waals surface area contributed by atoms with Crippen molar-refractivity contribution in [3.8, 4) is 11.3 Å². The zero-order chi connectivity index (χ0) is 18.3. The molecule has 4 rings (SSSR count). The molecule has 0 amide bonds. The number of rotatable bonds is 3. The van der Waals surface area contributed by atoms with Gasteiger partial charge in [-0.3, -0.25) is 0 Å². The second-order valence-corrected chi connectivity index (χ2v) is 7.83. The third-order valence-electron chi connectivity index (χ3n) is 4.38. The molecule has 0 bridgehead atoms. The Bertz CT molecular complexity index is 973. The largest absolute Gasteiger partial charge is 0.375 e. The first-order valence-corrected chi connectivity index (χ1v) is 9.71. The molecule has 0 aliphatic carbocycles. The summed E-state index contributed by atoms with van der Waals surface area (Å²) in [4.78, 5) is 4.68. The Hall–Kier alpha value is -1.18. The molecular weight excluding hydrogens is 444 g/mol. The van der Waals surface area contributed by atoms with Crippen LogP contribution in [0.1, 0.15) is 5.69 Å². The second kappa shape index (κ2) is 7.44. The quantitative estimate of drug-likeness (QED) is 0.576. The molecule has 3 heterocycles. The molecule has 0 radical (unpaired) electrons. The first-order valence-electron chi connectivity index (χ1n) is 8.16. The fraction of sp³-hybridized carbons (Fsp3) is 0.278. The first-order chi connectivity index (χ1) is 12.5. The minimum absolute atomic E-state index is 0.0112. The van der Waals surface area contributed by atoms with Crippen molar-refractivity contribution in [2.45, 2.75) is 12.5 Å². The van der Waals surface area contributed by atoms with Crippen LogP contribution in [0.15, 0.2) is 34.9 Å². The Morgan fingerprint density at radius 2 is 2.19 bits per heavy atom. The minimum atomic E-state index is -0.388. The summed E-state index contributed by atoms with van der Waals surface area (Å²) in [6, 6.07) is 6.52. The number of hydrogen-bond donors (Lipinski definition) is 1. The number of imidazole rings is 1. The second-order valence-electron chi connectivity index (χ2n) is 6.13. The van der Waals surface area contributed by atoms with Gasteiger partial charge in [0.25, 0.3) is 0 Å². The van der Waals surface area contributed by atoms with E-state index in [1.54, 1.807) is 18.2 Å². The van der Waals surface area contributed by atoms with Crippen molar-refractivity contribution in [3.63, 3.8) is 0 Å². The van der Waals surface area contributed by atoms with E-state index in [9.17, 15) is 4.39 Å². The summed E-state index contributed by atoms with van der Waals surface area (Å²) in [6.07, 6.45) is 2.50. The molecule has 1 N–H and O–H groups in total. The Kier molecular flexibility index (Phi) is 5.21. The molecule has 1 aromatic carbocycles. The van der Waals surface area contributed by atoms with Gasteiger partial charge < -0.3 is 14.5 Å². The third kappa shape index (κ3) is 3.49. The smallest absolute Gasteiger partial charge is 0.139 e. The van der Waals surface area contributed by atoms with Gasteiger partial charge in [-0.25, -0.2) is 9.37 Å². The minimum Gasteiger partial charge on any atom is -0.375 e. The standard InChI is InChI=1S/C18H15BrCl2FN3O/c19-13-8-14(21)12(7-15(13)22)18-16(6-11-9-23-2-4-26-11)25-3-1-10(20)5-17(25)24-18/h1,3,5,7-8,11,23H,2,4,6,9H2/t11-/m0/s1. The number of nitrogens with one attached hydrogen (secondary N) is 1. The molecule has 1 saturated heterocycles. The van der Waals surface area contributed by atoms with Crippen LogP contribution in [0.4, 0.5) is 4.39 Å². The van der Waals surface area contributed by atoms with E-state index in [1.165, 1.54) is 6.07 Å². The highest BCUT2D eigenvalue weighted by atomic mass is 79.9. The fourth-order valence-electron chi connectivity index (χ4n) is 3.15. The lowest BCUT2D eigenvalue weighted by Crippen LogP contribution is -2.39. The molecule has 1 aliphatic heterocycles. The van der Waals surface area contributed by atoms with E-state index < -0.39 is 0 Å². The normalized spacial score (nSPS) is 17.8. The van der Waals surface area contributed by atoms with Crippen LogP contribution in [0.2, 0.25) is 10.0 Å². The van der Waals surface area contributed by atoms with E-state index in [0.29, 0.717) is 44.5 Å². The molecule has 0 unspecified atom stereocenters. The van der Waals surface area contributed by atoms with Crippen LogP contribution in [0.5, 0.6) is 0 Å². The van der Waals surface area contributed by atoms with E-state index in [1.807, 2.05) is 10.6 Å². The van der Waals surface area contributed by atoms with E-state index in [0.717, 1.165) is 18.8 Å². The van der Waals surface area contributed by atoms with Crippen LogP contribution in [0.25, 0.3) is 16.9 Å². The van der Waals surface area contributed by atoms with Gasteiger partial charge in [0.2, 0.25) is 0 Å². The lowest BCUT2D eigenvalue weighted by Gasteiger charge is -2.24. The maximum Gasteiger partial charge on any atom is 0.139 e. The van der Waals surface area contributed by atoms with Crippen molar-refractivity contribution in [1.29, 1.82) is 0 Å². The van der Waals surface area contributed by atoms with Crippen molar-refractivity contribution in [1.82, 2.24) is 14.7 Å².